The summed E-state index contributed by atoms with van der Waals surface area (Å²) in [6.45, 7) is -0.210. The summed E-state index contributed by atoms with van der Waals surface area (Å²) >= 11 is 11.9. The minimum absolute atomic E-state index is 0.00925. The molecule has 2 aliphatic rings. The number of hydrogen-bond acceptors (Lipinski definition) is 5. The second-order valence-electron chi connectivity index (χ2n) is 7.59. The van der Waals surface area contributed by atoms with Gasteiger partial charge < -0.3 is 10.2 Å². The molecule has 2 saturated heterocycles. The molecule has 2 atom stereocenters. The Balaban J connectivity index is 1.53. The first kappa shape index (κ1) is 22.6. The van der Waals surface area contributed by atoms with Crippen LogP contribution in [0, 0.1) is 0 Å². The molecule has 2 aromatic rings. The van der Waals surface area contributed by atoms with E-state index in [0.29, 0.717) is 5.69 Å². The highest BCUT2D eigenvalue weighted by Crippen LogP contribution is 2.49. The maximum atomic E-state index is 14.2. The van der Waals surface area contributed by atoms with Crippen LogP contribution in [0.4, 0.5) is 18.9 Å². The lowest BCUT2D eigenvalue weighted by Gasteiger charge is -2.33. The van der Waals surface area contributed by atoms with Crippen LogP contribution in [0.3, 0.4) is 0 Å². The van der Waals surface area contributed by atoms with E-state index in [1.165, 1.54) is 36.5 Å². The van der Waals surface area contributed by atoms with Crippen LogP contribution < -0.4 is 15.7 Å². The van der Waals surface area contributed by atoms with Crippen molar-refractivity contribution in [3.63, 3.8) is 0 Å². The van der Waals surface area contributed by atoms with Gasteiger partial charge in [-0.2, -0.15) is 13.2 Å². The molecule has 12 heteroatoms. The second-order valence-corrected chi connectivity index (χ2v) is 8.40. The van der Waals surface area contributed by atoms with Gasteiger partial charge in [0.05, 0.1) is 21.9 Å². The van der Waals surface area contributed by atoms with Gasteiger partial charge in [-0.3, -0.25) is 14.4 Å². The van der Waals surface area contributed by atoms with Crippen molar-refractivity contribution in [2.24, 2.45) is 0 Å². The van der Waals surface area contributed by atoms with Crippen molar-refractivity contribution in [1.82, 2.24) is 15.8 Å². The van der Waals surface area contributed by atoms with Crippen molar-refractivity contribution < 1.29 is 27.6 Å². The van der Waals surface area contributed by atoms with Crippen LogP contribution in [0.2, 0.25) is 10.0 Å². The molecule has 1 aromatic carbocycles. The number of pyridine rings is 1. The molecule has 2 unspecified atom stereocenters. The van der Waals surface area contributed by atoms with Gasteiger partial charge in [-0.25, -0.2) is 10.5 Å². The lowest BCUT2D eigenvalue weighted by Crippen LogP contribution is -2.45. The number of carbonyl (C=O) groups is 2. The molecule has 2 amide bonds. The van der Waals surface area contributed by atoms with E-state index in [1.54, 1.807) is 4.90 Å². The summed E-state index contributed by atoms with van der Waals surface area (Å²) in [5.74, 6) is -1.07. The van der Waals surface area contributed by atoms with Gasteiger partial charge in [0, 0.05) is 13.1 Å². The first-order chi connectivity index (χ1) is 15.1. The molecule has 4 rings (SSSR count). The van der Waals surface area contributed by atoms with Gasteiger partial charge >= 0.3 is 6.18 Å². The number of hydrogen-bond donors (Lipinski definition) is 2. The minimum atomic E-state index is -4.52. The predicted molar refractivity (Wildman–Crippen MR) is 111 cm³/mol. The van der Waals surface area contributed by atoms with Crippen LogP contribution in [-0.4, -0.2) is 48.7 Å². The molecule has 0 aliphatic carbocycles. The van der Waals surface area contributed by atoms with Crippen molar-refractivity contribution in [2.45, 2.75) is 24.1 Å². The van der Waals surface area contributed by atoms with E-state index in [-0.39, 0.29) is 47.4 Å². The number of rotatable bonds is 4. The van der Waals surface area contributed by atoms with E-state index in [2.05, 4.69) is 15.8 Å². The van der Waals surface area contributed by atoms with E-state index in [4.69, 9.17) is 28.0 Å². The van der Waals surface area contributed by atoms with E-state index in [9.17, 15) is 22.8 Å². The summed E-state index contributed by atoms with van der Waals surface area (Å²) in [7, 11) is 0. The van der Waals surface area contributed by atoms with Crippen LogP contribution in [-0.2, 0) is 15.0 Å². The molecule has 170 valence electrons. The van der Waals surface area contributed by atoms with Crippen LogP contribution in [0.15, 0.2) is 36.5 Å². The molecule has 0 spiro atoms. The first-order valence-corrected chi connectivity index (χ1v) is 10.3. The van der Waals surface area contributed by atoms with Crippen LogP contribution in [0.5, 0.6) is 0 Å². The monoisotopic (exact) mass is 488 g/mol. The summed E-state index contributed by atoms with van der Waals surface area (Å²) < 4.78 is 42.6. The summed E-state index contributed by atoms with van der Waals surface area (Å²) in [6, 6.07) is 6.05. The number of benzene rings is 1. The molecule has 7 nitrogen and oxygen atoms in total. The summed E-state index contributed by atoms with van der Waals surface area (Å²) in [5, 5.41) is 2.72. The molecule has 1 aromatic heterocycles. The third-order valence-electron chi connectivity index (χ3n) is 5.67. The number of nitrogens with one attached hydrogen (secondary N) is 2. The largest absolute Gasteiger partial charge is 0.400 e. The molecule has 3 heterocycles. The molecule has 0 radical (unpaired) electrons. The lowest BCUT2D eigenvalue weighted by atomic mass is 9.79. The fourth-order valence-corrected chi connectivity index (χ4v) is 4.14. The summed E-state index contributed by atoms with van der Waals surface area (Å²) in [5.41, 5.74) is 0.517. The van der Waals surface area contributed by atoms with Crippen molar-refractivity contribution >= 4 is 40.7 Å². The highest BCUT2D eigenvalue weighted by atomic mass is 35.5. The third kappa shape index (κ3) is 4.10. The average molecular weight is 489 g/mol. The Morgan fingerprint density at radius 1 is 1.25 bits per heavy atom. The summed E-state index contributed by atoms with van der Waals surface area (Å²) in [4.78, 5) is 34.1. The van der Waals surface area contributed by atoms with Gasteiger partial charge in [0.1, 0.15) is 23.8 Å². The normalized spacial score (nSPS) is 23.3. The van der Waals surface area contributed by atoms with Crippen LogP contribution in [0.25, 0.3) is 0 Å². The Kier molecular flexibility index (Phi) is 5.95. The highest BCUT2D eigenvalue weighted by molar-refractivity contribution is 6.42. The smallest absolute Gasteiger partial charge is 0.369 e. The predicted octanol–water partition coefficient (Wildman–Crippen LogP) is 3.26. The second kappa shape index (κ2) is 8.42. The number of amides is 2. The van der Waals surface area contributed by atoms with Crippen molar-refractivity contribution in [3.05, 3.63) is 57.8 Å². The van der Waals surface area contributed by atoms with Crippen molar-refractivity contribution in [3.8, 4) is 0 Å². The maximum absolute atomic E-state index is 14.2. The SMILES string of the molecule is O=C(NC1CONC1=O)c1ccc(N2CCC(c3ccc(Cl)c(Cl)c3)(C(F)(F)F)C2)cn1. The Morgan fingerprint density at radius 2 is 2.03 bits per heavy atom. The molecule has 0 bridgehead atoms. The number of carbonyl (C=O) groups excluding carboxylic acids is 2. The minimum Gasteiger partial charge on any atom is -0.369 e. The van der Waals surface area contributed by atoms with E-state index < -0.39 is 29.4 Å². The Hall–Kier alpha value is -2.56. The van der Waals surface area contributed by atoms with Gasteiger partial charge in [0.2, 0.25) is 0 Å². The lowest BCUT2D eigenvalue weighted by molar-refractivity contribution is -0.184. The number of hydroxylamine groups is 1. The van der Waals surface area contributed by atoms with Crippen molar-refractivity contribution in [2.75, 3.05) is 24.6 Å². The standard InChI is InChI=1S/C20H17Cl2F3N4O3/c21-13-3-1-11(7-14(13)22)19(20(23,24)25)5-6-29(10-19)12-2-4-15(26-8-12)17(30)27-16-9-32-28-18(16)31/h1-4,7-8,16H,5-6,9-10H2,(H,27,30)(H,28,31). The van der Waals surface area contributed by atoms with Crippen LogP contribution >= 0.6 is 23.2 Å². The van der Waals surface area contributed by atoms with Gasteiger partial charge in [-0.1, -0.05) is 29.3 Å². The molecular weight excluding hydrogens is 472 g/mol. The molecule has 2 N–H and O–H groups in total. The number of nitrogens with zero attached hydrogens (tertiary/aromatic N) is 2. The molecule has 0 saturated carbocycles. The Morgan fingerprint density at radius 3 is 2.62 bits per heavy atom. The zero-order chi connectivity index (χ0) is 23.1. The molecule has 32 heavy (non-hydrogen) atoms. The zero-order valence-electron chi connectivity index (χ0n) is 16.4. The Bertz CT molecular complexity index is 1050. The zero-order valence-corrected chi connectivity index (χ0v) is 17.9. The topological polar surface area (TPSA) is 83.6 Å². The van der Waals surface area contributed by atoms with E-state index in [0.717, 1.165) is 0 Å². The quantitative estimate of drug-likeness (QED) is 0.689. The Labute approximate surface area is 190 Å². The first-order valence-electron chi connectivity index (χ1n) is 9.56. The van der Waals surface area contributed by atoms with Gasteiger partial charge in [-0.05, 0) is 36.2 Å². The number of anilines is 1. The van der Waals surface area contributed by atoms with Crippen molar-refractivity contribution in [1.29, 1.82) is 0 Å². The third-order valence-corrected chi connectivity index (χ3v) is 6.41. The fraction of sp³-hybridized carbons (Fsp3) is 0.350. The number of halogens is 5. The molecule has 2 aliphatic heterocycles. The maximum Gasteiger partial charge on any atom is 0.400 e. The average Bonchev–Trinajstić information content (AvgIpc) is 3.38. The van der Waals surface area contributed by atoms with E-state index >= 15 is 0 Å². The fourth-order valence-electron chi connectivity index (χ4n) is 3.84. The van der Waals surface area contributed by atoms with Gasteiger partial charge in [-0.15, -0.1) is 0 Å². The highest BCUT2D eigenvalue weighted by Gasteiger charge is 2.59. The van der Waals surface area contributed by atoms with Gasteiger partial charge in [0.15, 0.2) is 0 Å². The number of alkyl halides is 3. The summed E-state index contributed by atoms with van der Waals surface area (Å²) in [6.07, 6.45) is -3.36. The molecular formula is C20H17Cl2F3N4O3. The molecule has 2 fully saturated rings. The number of aromatic nitrogens is 1. The van der Waals surface area contributed by atoms with Gasteiger partial charge in [0.25, 0.3) is 11.8 Å². The van der Waals surface area contributed by atoms with Crippen LogP contribution in [0.1, 0.15) is 22.5 Å². The van der Waals surface area contributed by atoms with E-state index in [1.807, 2.05) is 0 Å².